The molecular formula is C35H51N2+. The Labute approximate surface area is 227 Å². The van der Waals surface area contributed by atoms with Crippen molar-refractivity contribution in [3.8, 4) is 0 Å². The molecule has 0 aliphatic heterocycles. The van der Waals surface area contributed by atoms with Crippen LogP contribution in [-0.4, -0.2) is 13.6 Å². The molecule has 2 heteroatoms. The van der Waals surface area contributed by atoms with Crippen molar-refractivity contribution in [3.63, 3.8) is 0 Å². The SMILES string of the molecule is CCCCCCCCCCCCCCCCN(C)c1ccc(/C=C/c2ccc3c(ccc[n+]3C)c2)cc1. The standard InChI is InChI=1S/C35H51N2/c1-4-5-6-7-8-9-10-11-12-13-14-15-16-17-28-36(2)34-25-22-31(23-26-34)20-21-32-24-27-35-33(30-32)19-18-29-37(35)3/h18-27,29-30H,4-17,28H2,1-3H3/q+1/b21-20+. The van der Waals surface area contributed by atoms with Crippen LogP contribution in [0.5, 0.6) is 0 Å². The van der Waals surface area contributed by atoms with Crippen molar-refractivity contribution in [2.45, 2.75) is 96.8 Å². The van der Waals surface area contributed by atoms with Crippen LogP contribution in [0.3, 0.4) is 0 Å². The van der Waals surface area contributed by atoms with Gasteiger partial charge in [0.25, 0.3) is 0 Å². The minimum absolute atomic E-state index is 1.14. The molecule has 0 aliphatic carbocycles. The maximum atomic E-state index is 2.40. The second-order valence-corrected chi connectivity index (χ2v) is 10.9. The van der Waals surface area contributed by atoms with Crippen molar-refractivity contribution in [3.05, 3.63) is 71.9 Å². The van der Waals surface area contributed by atoms with E-state index in [2.05, 4.69) is 103 Å². The molecule has 3 rings (SSSR count). The molecule has 0 radical (unpaired) electrons. The van der Waals surface area contributed by atoms with Crippen molar-refractivity contribution < 1.29 is 4.57 Å². The number of aromatic nitrogens is 1. The molecule has 0 spiro atoms. The predicted octanol–water partition coefficient (Wildman–Crippen LogP) is 9.75. The lowest BCUT2D eigenvalue weighted by atomic mass is 10.0. The zero-order valence-corrected chi connectivity index (χ0v) is 23.9. The Kier molecular flexibility index (Phi) is 13.3. The molecule has 0 fully saturated rings. The zero-order chi connectivity index (χ0) is 26.1. The Balaban J connectivity index is 1.27. The lowest BCUT2D eigenvalue weighted by Gasteiger charge is -2.19. The summed E-state index contributed by atoms with van der Waals surface area (Å²) in [4.78, 5) is 2.40. The highest BCUT2D eigenvalue weighted by atomic mass is 15.1. The van der Waals surface area contributed by atoms with Crippen LogP contribution in [0.2, 0.25) is 0 Å². The van der Waals surface area contributed by atoms with Crippen LogP contribution >= 0.6 is 0 Å². The number of hydrogen-bond acceptors (Lipinski definition) is 1. The molecule has 0 saturated heterocycles. The van der Waals surface area contributed by atoms with E-state index >= 15 is 0 Å². The maximum Gasteiger partial charge on any atom is 0.212 e. The van der Waals surface area contributed by atoms with E-state index in [1.54, 1.807) is 0 Å². The number of aryl methyl sites for hydroxylation is 1. The van der Waals surface area contributed by atoms with E-state index in [0.717, 1.165) is 6.54 Å². The van der Waals surface area contributed by atoms with E-state index in [0.29, 0.717) is 0 Å². The molecule has 0 bridgehead atoms. The number of rotatable bonds is 18. The Hall–Kier alpha value is -2.61. The smallest absolute Gasteiger partial charge is 0.212 e. The summed E-state index contributed by atoms with van der Waals surface area (Å²) < 4.78 is 2.16. The highest BCUT2D eigenvalue weighted by Gasteiger charge is 2.04. The van der Waals surface area contributed by atoms with Gasteiger partial charge in [-0.3, -0.25) is 0 Å². The summed E-state index contributed by atoms with van der Waals surface area (Å²) in [6.45, 7) is 3.44. The van der Waals surface area contributed by atoms with E-state index in [-0.39, 0.29) is 0 Å². The topological polar surface area (TPSA) is 7.12 Å². The highest BCUT2D eigenvalue weighted by Crippen LogP contribution is 2.19. The average Bonchev–Trinajstić information content (AvgIpc) is 2.92. The first-order valence-electron chi connectivity index (χ1n) is 15.0. The van der Waals surface area contributed by atoms with Crippen molar-refractivity contribution in [1.82, 2.24) is 0 Å². The van der Waals surface area contributed by atoms with E-state index < -0.39 is 0 Å². The van der Waals surface area contributed by atoms with Crippen LogP contribution in [-0.2, 0) is 7.05 Å². The number of hydrogen-bond donors (Lipinski definition) is 0. The summed E-state index contributed by atoms with van der Waals surface area (Å²) in [6.07, 6.45) is 26.3. The predicted molar refractivity (Wildman–Crippen MR) is 164 cm³/mol. The highest BCUT2D eigenvalue weighted by molar-refractivity contribution is 5.81. The Morgan fingerprint density at radius 1 is 0.649 bits per heavy atom. The Morgan fingerprint density at radius 3 is 1.81 bits per heavy atom. The van der Waals surface area contributed by atoms with Crippen LogP contribution in [0.15, 0.2) is 60.8 Å². The molecule has 37 heavy (non-hydrogen) atoms. The van der Waals surface area contributed by atoms with Gasteiger partial charge in [0, 0.05) is 36.8 Å². The summed E-state index contributed by atoms with van der Waals surface area (Å²) >= 11 is 0. The minimum Gasteiger partial charge on any atom is -0.375 e. The summed E-state index contributed by atoms with van der Waals surface area (Å²) in [6, 6.07) is 19.9. The van der Waals surface area contributed by atoms with E-state index in [9.17, 15) is 0 Å². The number of fused-ring (bicyclic) bond motifs is 1. The fourth-order valence-corrected chi connectivity index (χ4v) is 5.19. The lowest BCUT2D eigenvalue weighted by Crippen LogP contribution is -2.27. The molecule has 0 saturated carbocycles. The van der Waals surface area contributed by atoms with Crippen LogP contribution < -0.4 is 9.47 Å². The van der Waals surface area contributed by atoms with Crippen LogP contribution in [0.1, 0.15) is 108 Å². The molecule has 0 unspecified atom stereocenters. The molecule has 3 aromatic rings. The van der Waals surface area contributed by atoms with Gasteiger partial charge >= 0.3 is 0 Å². The third kappa shape index (κ3) is 10.7. The molecule has 1 aromatic heterocycles. The van der Waals surface area contributed by atoms with Gasteiger partial charge in [-0.1, -0.05) is 115 Å². The van der Waals surface area contributed by atoms with E-state index in [1.165, 1.54) is 118 Å². The fraction of sp³-hybridized carbons (Fsp3) is 0.514. The molecule has 0 amide bonds. The first-order chi connectivity index (χ1) is 18.2. The fourth-order valence-electron chi connectivity index (χ4n) is 5.19. The Morgan fingerprint density at radius 2 is 1.19 bits per heavy atom. The van der Waals surface area contributed by atoms with Crippen LogP contribution in [0.25, 0.3) is 23.1 Å². The van der Waals surface area contributed by atoms with Gasteiger partial charge in [0.05, 0.1) is 0 Å². The molecule has 0 atom stereocenters. The van der Waals surface area contributed by atoms with Crippen LogP contribution in [0.4, 0.5) is 5.69 Å². The number of pyridine rings is 1. The lowest BCUT2D eigenvalue weighted by molar-refractivity contribution is -0.644. The van der Waals surface area contributed by atoms with Gasteiger partial charge in [-0.15, -0.1) is 0 Å². The van der Waals surface area contributed by atoms with E-state index in [1.807, 2.05) is 0 Å². The number of benzene rings is 2. The van der Waals surface area contributed by atoms with Gasteiger partial charge in [0.15, 0.2) is 6.20 Å². The van der Waals surface area contributed by atoms with E-state index in [4.69, 9.17) is 0 Å². The van der Waals surface area contributed by atoms with Gasteiger partial charge in [0.2, 0.25) is 5.52 Å². The quantitative estimate of drug-likeness (QED) is 0.0959. The maximum absolute atomic E-state index is 2.40. The third-order valence-corrected chi connectivity index (χ3v) is 7.67. The summed E-state index contributed by atoms with van der Waals surface area (Å²) in [5.74, 6) is 0. The second kappa shape index (κ2) is 17.0. The van der Waals surface area contributed by atoms with Crippen LogP contribution in [0, 0.1) is 0 Å². The van der Waals surface area contributed by atoms with Crippen molar-refractivity contribution in [2.75, 3.05) is 18.5 Å². The summed E-state index contributed by atoms with van der Waals surface area (Å²) in [7, 11) is 4.32. The first kappa shape index (κ1) is 29.0. The molecule has 1 heterocycles. The summed E-state index contributed by atoms with van der Waals surface area (Å²) in [5, 5.41) is 1.27. The van der Waals surface area contributed by atoms with Gasteiger partial charge in [0.1, 0.15) is 7.05 Å². The summed E-state index contributed by atoms with van der Waals surface area (Å²) in [5.41, 5.74) is 5.04. The van der Waals surface area contributed by atoms with Crippen molar-refractivity contribution >= 4 is 28.7 Å². The number of unbranched alkanes of at least 4 members (excludes halogenated alkanes) is 13. The largest absolute Gasteiger partial charge is 0.375 e. The van der Waals surface area contributed by atoms with Gasteiger partial charge in [-0.05, 0) is 47.9 Å². The second-order valence-electron chi connectivity index (χ2n) is 10.9. The molecular weight excluding hydrogens is 448 g/mol. The zero-order valence-electron chi connectivity index (χ0n) is 23.9. The molecule has 2 nitrogen and oxygen atoms in total. The van der Waals surface area contributed by atoms with Crippen molar-refractivity contribution in [1.29, 1.82) is 0 Å². The Bertz CT molecular complexity index is 1050. The van der Waals surface area contributed by atoms with Gasteiger partial charge < -0.3 is 4.90 Å². The first-order valence-corrected chi connectivity index (χ1v) is 15.0. The molecule has 200 valence electrons. The molecule has 2 aromatic carbocycles. The number of anilines is 1. The third-order valence-electron chi connectivity index (χ3n) is 7.67. The molecule has 0 N–H and O–H groups in total. The van der Waals surface area contributed by atoms with Gasteiger partial charge in [-0.25, -0.2) is 4.57 Å². The van der Waals surface area contributed by atoms with Crippen molar-refractivity contribution in [2.24, 2.45) is 7.05 Å². The minimum atomic E-state index is 1.14. The number of nitrogens with zero attached hydrogens (tertiary/aromatic N) is 2. The van der Waals surface area contributed by atoms with Gasteiger partial charge in [-0.2, -0.15) is 0 Å². The normalized spacial score (nSPS) is 11.5. The average molecular weight is 500 g/mol. The molecule has 0 aliphatic rings. The monoisotopic (exact) mass is 499 g/mol.